The van der Waals surface area contributed by atoms with Crippen molar-refractivity contribution in [3.05, 3.63) is 65.2 Å². The van der Waals surface area contributed by atoms with Gasteiger partial charge < -0.3 is 13.9 Å². The van der Waals surface area contributed by atoms with Crippen molar-refractivity contribution in [3.8, 4) is 5.75 Å². The molecule has 0 aliphatic carbocycles. The molecule has 0 aliphatic rings. The molecule has 2 aromatic carbocycles. The van der Waals surface area contributed by atoms with Crippen LogP contribution >= 0.6 is 0 Å². The Morgan fingerprint density at radius 2 is 1.38 bits per heavy atom. The average Bonchev–Trinajstić information content (AvgIpc) is 2.73. The zero-order chi connectivity index (χ0) is 24.7. The molecule has 0 aliphatic heterocycles. The van der Waals surface area contributed by atoms with E-state index in [1.54, 1.807) is 26.2 Å². The SMILES string of the molecule is C=O.Cc1ccc(/C(=N/N(C)C(=O)N(C)C)c2ccc(OS(=O)(=O)C(F)(F)F)cc2)cc1. The molecule has 12 heteroatoms. The van der Waals surface area contributed by atoms with Gasteiger partial charge in [-0.2, -0.15) is 26.7 Å². The van der Waals surface area contributed by atoms with E-state index >= 15 is 0 Å². The fraction of sp³-hybridized carbons (Fsp3) is 0.250. The lowest BCUT2D eigenvalue weighted by molar-refractivity contribution is -0.0980. The van der Waals surface area contributed by atoms with Crippen LogP contribution in [0.15, 0.2) is 53.6 Å². The predicted molar refractivity (Wildman–Crippen MR) is 113 cm³/mol. The molecule has 0 fully saturated rings. The van der Waals surface area contributed by atoms with Crippen LogP contribution in [-0.4, -0.2) is 63.5 Å². The molecule has 32 heavy (non-hydrogen) atoms. The first-order chi connectivity index (χ1) is 14.8. The van der Waals surface area contributed by atoms with E-state index in [1.807, 2.05) is 25.8 Å². The van der Waals surface area contributed by atoms with Crippen LogP contribution < -0.4 is 4.18 Å². The van der Waals surface area contributed by atoms with E-state index in [0.29, 0.717) is 16.8 Å². The second-order valence-electron chi connectivity index (χ2n) is 6.52. The fourth-order valence-electron chi connectivity index (χ4n) is 2.32. The van der Waals surface area contributed by atoms with Gasteiger partial charge in [0.05, 0.1) is 5.71 Å². The Labute approximate surface area is 184 Å². The number of benzene rings is 2. The molecule has 0 aromatic heterocycles. The number of aryl methyl sites for hydroxylation is 1. The summed E-state index contributed by atoms with van der Waals surface area (Å²) in [6, 6.07) is 11.7. The van der Waals surface area contributed by atoms with Crippen molar-refractivity contribution in [1.82, 2.24) is 9.91 Å². The molecule has 2 rings (SSSR count). The minimum Gasteiger partial charge on any atom is -0.376 e. The number of nitrogens with zero attached hydrogens (tertiary/aromatic N) is 3. The third kappa shape index (κ3) is 6.80. The molecule has 0 spiro atoms. The molecule has 0 saturated carbocycles. The molecule has 8 nitrogen and oxygen atoms in total. The van der Waals surface area contributed by atoms with Crippen molar-refractivity contribution in [2.45, 2.75) is 12.4 Å². The van der Waals surface area contributed by atoms with E-state index in [0.717, 1.165) is 22.7 Å². The number of hydrogen-bond acceptors (Lipinski definition) is 6. The second-order valence-corrected chi connectivity index (χ2v) is 8.06. The molecule has 0 saturated heterocycles. The van der Waals surface area contributed by atoms with Crippen molar-refractivity contribution >= 4 is 28.7 Å². The van der Waals surface area contributed by atoms with E-state index < -0.39 is 27.4 Å². The van der Waals surface area contributed by atoms with Gasteiger partial charge in [0.15, 0.2) is 0 Å². The van der Waals surface area contributed by atoms with E-state index in [1.165, 1.54) is 24.1 Å². The Morgan fingerprint density at radius 1 is 0.938 bits per heavy atom. The summed E-state index contributed by atoms with van der Waals surface area (Å²) >= 11 is 0. The maximum atomic E-state index is 12.5. The summed E-state index contributed by atoms with van der Waals surface area (Å²) in [6.45, 7) is 3.90. The largest absolute Gasteiger partial charge is 0.534 e. The zero-order valence-electron chi connectivity index (χ0n) is 17.8. The molecule has 0 radical (unpaired) electrons. The first-order valence-corrected chi connectivity index (χ1v) is 10.2. The molecule has 2 aromatic rings. The Hall–Kier alpha value is -3.41. The highest BCUT2D eigenvalue weighted by molar-refractivity contribution is 7.88. The van der Waals surface area contributed by atoms with Crippen LogP contribution in [0.5, 0.6) is 5.75 Å². The third-order valence-corrected chi connectivity index (χ3v) is 4.83. The van der Waals surface area contributed by atoms with Gasteiger partial charge in [0, 0.05) is 32.3 Å². The quantitative estimate of drug-likeness (QED) is 0.287. The molecule has 0 atom stereocenters. The monoisotopic (exact) mass is 473 g/mol. The van der Waals surface area contributed by atoms with Crippen LogP contribution in [0, 0.1) is 6.92 Å². The Bertz CT molecular complexity index is 1050. The molecule has 0 unspecified atom stereocenters. The minimum absolute atomic E-state index is 0.359. The van der Waals surface area contributed by atoms with Gasteiger partial charge in [0.2, 0.25) is 0 Å². The molecule has 2 amide bonds. The second kappa shape index (κ2) is 10.8. The van der Waals surface area contributed by atoms with Crippen LogP contribution in [0.3, 0.4) is 0 Å². The number of alkyl halides is 3. The normalized spacial score (nSPS) is 11.8. The average molecular weight is 473 g/mol. The van der Waals surface area contributed by atoms with Gasteiger partial charge in [-0.05, 0) is 31.2 Å². The van der Waals surface area contributed by atoms with E-state index in [9.17, 15) is 26.4 Å². The van der Waals surface area contributed by atoms with Crippen molar-refractivity contribution in [1.29, 1.82) is 0 Å². The molecule has 0 N–H and O–H groups in total. The summed E-state index contributed by atoms with van der Waals surface area (Å²) in [5.74, 6) is -0.503. The zero-order valence-corrected chi connectivity index (χ0v) is 18.6. The number of amides is 2. The van der Waals surface area contributed by atoms with Crippen molar-refractivity contribution in [2.75, 3.05) is 21.1 Å². The van der Waals surface area contributed by atoms with Crippen molar-refractivity contribution < 1.29 is 35.4 Å². The summed E-state index contributed by atoms with van der Waals surface area (Å²) in [5, 5.41) is 5.45. The van der Waals surface area contributed by atoms with Crippen LogP contribution in [0.2, 0.25) is 0 Å². The summed E-state index contributed by atoms with van der Waals surface area (Å²) < 4.78 is 63.9. The lowest BCUT2D eigenvalue weighted by Crippen LogP contribution is -2.33. The van der Waals surface area contributed by atoms with E-state index in [4.69, 9.17) is 4.79 Å². The van der Waals surface area contributed by atoms with Gasteiger partial charge in [-0.15, -0.1) is 0 Å². The minimum atomic E-state index is -5.77. The standard InChI is InChI=1S/C19H20F3N3O4S.CH2O/c1-13-5-7-14(8-6-13)17(23-25(4)18(26)24(2)3)15-9-11-16(12-10-15)29-30(27,28)19(20,21)22;1-2/h5-12H,1-4H3;1H2/b23-17-;. The molecule has 174 valence electrons. The smallest absolute Gasteiger partial charge is 0.376 e. The highest BCUT2D eigenvalue weighted by Crippen LogP contribution is 2.27. The number of carbonyl (C=O) groups is 2. The highest BCUT2D eigenvalue weighted by Gasteiger charge is 2.48. The number of halogens is 3. The van der Waals surface area contributed by atoms with Gasteiger partial charge in [0.1, 0.15) is 12.5 Å². The molecule has 0 heterocycles. The molecular weight excluding hydrogens is 451 g/mol. The topological polar surface area (TPSA) is 96.3 Å². The third-order valence-electron chi connectivity index (χ3n) is 3.85. The van der Waals surface area contributed by atoms with Crippen molar-refractivity contribution in [2.24, 2.45) is 5.10 Å². The van der Waals surface area contributed by atoms with Gasteiger partial charge >= 0.3 is 21.7 Å². The maximum Gasteiger partial charge on any atom is 0.534 e. The Balaban J connectivity index is 0.00000249. The first-order valence-electron chi connectivity index (χ1n) is 8.82. The summed E-state index contributed by atoms with van der Waals surface area (Å²) in [7, 11) is -1.18. The van der Waals surface area contributed by atoms with Crippen LogP contribution in [0.25, 0.3) is 0 Å². The van der Waals surface area contributed by atoms with E-state index in [2.05, 4.69) is 9.28 Å². The van der Waals surface area contributed by atoms with E-state index in [-0.39, 0.29) is 0 Å². The Kier molecular flexibility index (Phi) is 8.95. The van der Waals surface area contributed by atoms with Crippen molar-refractivity contribution in [3.63, 3.8) is 0 Å². The van der Waals surface area contributed by atoms with Crippen LogP contribution in [-0.2, 0) is 14.9 Å². The fourth-order valence-corrected chi connectivity index (χ4v) is 2.78. The number of urea groups is 1. The Morgan fingerprint density at radius 3 is 1.78 bits per heavy atom. The summed E-state index contributed by atoms with van der Waals surface area (Å²) in [5.41, 5.74) is -3.09. The number of hydrogen-bond donors (Lipinski definition) is 0. The lowest BCUT2D eigenvalue weighted by atomic mass is 10.0. The number of hydrazone groups is 1. The first kappa shape index (κ1) is 26.6. The van der Waals surface area contributed by atoms with Gasteiger partial charge in [-0.25, -0.2) is 9.80 Å². The number of carbonyl (C=O) groups excluding carboxylic acids is 2. The van der Waals surface area contributed by atoms with Gasteiger partial charge in [-0.3, -0.25) is 0 Å². The summed E-state index contributed by atoms with van der Waals surface area (Å²) in [4.78, 5) is 21.5. The predicted octanol–water partition coefficient (Wildman–Crippen LogP) is 3.40. The summed E-state index contributed by atoms with van der Waals surface area (Å²) in [6.07, 6.45) is 0. The lowest BCUT2D eigenvalue weighted by Gasteiger charge is -2.19. The van der Waals surface area contributed by atoms with Gasteiger partial charge in [-0.1, -0.05) is 29.8 Å². The molecular formula is C20H22F3N3O5S. The maximum absolute atomic E-state index is 12.5. The van der Waals surface area contributed by atoms with Gasteiger partial charge in [0.25, 0.3) is 0 Å². The number of rotatable bonds is 5. The van der Waals surface area contributed by atoms with Crippen LogP contribution in [0.4, 0.5) is 18.0 Å². The molecule has 0 bridgehead atoms. The highest BCUT2D eigenvalue weighted by atomic mass is 32.2. The van der Waals surface area contributed by atoms with Crippen LogP contribution in [0.1, 0.15) is 16.7 Å².